The maximum absolute atomic E-state index is 6.19. The Balaban J connectivity index is 2.39. The lowest BCUT2D eigenvalue weighted by atomic mass is 10.3. The van der Waals surface area contributed by atoms with Crippen LogP contribution in [0.15, 0.2) is 18.2 Å². The van der Waals surface area contributed by atoms with Gasteiger partial charge in [0, 0.05) is 18.8 Å². The molecule has 0 aliphatic rings. The van der Waals surface area contributed by atoms with Crippen molar-refractivity contribution in [1.82, 2.24) is 9.55 Å². The number of para-hydroxylation sites is 1. The molecule has 98 valence electrons. The molecule has 0 amide bonds. The molecule has 1 aromatic carbocycles. The lowest BCUT2D eigenvalue weighted by Gasteiger charge is -2.07. The van der Waals surface area contributed by atoms with Crippen molar-refractivity contribution in [1.29, 1.82) is 0 Å². The molecule has 0 bridgehead atoms. The van der Waals surface area contributed by atoms with Crippen molar-refractivity contribution in [2.75, 3.05) is 17.9 Å². The molecule has 0 radical (unpaired) electrons. The Morgan fingerprint density at radius 2 is 2.22 bits per heavy atom. The van der Waals surface area contributed by atoms with Crippen molar-refractivity contribution in [2.45, 2.75) is 19.4 Å². The van der Waals surface area contributed by atoms with E-state index in [-0.39, 0.29) is 0 Å². The Kier molecular flexibility index (Phi) is 5.22. The van der Waals surface area contributed by atoms with Gasteiger partial charge in [0.15, 0.2) is 0 Å². The fraction of sp³-hybridized carbons (Fsp3) is 0.462. The highest BCUT2D eigenvalue weighted by Crippen LogP contribution is 2.24. The zero-order chi connectivity index (χ0) is 13.0. The number of hydrogen-bond acceptors (Lipinski definition) is 2. The molecular weight excluding hydrogens is 287 g/mol. The van der Waals surface area contributed by atoms with E-state index < -0.39 is 0 Å². The van der Waals surface area contributed by atoms with Crippen molar-refractivity contribution in [3.05, 3.63) is 29.0 Å². The molecule has 0 spiro atoms. The van der Waals surface area contributed by atoms with E-state index in [0.717, 1.165) is 42.0 Å². The van der Waals surface area contributed by atoms with Gasteiger partial charge in [-0.05, 0) is 30.6 Å². The van der Waals surface area contributed by atoms with E-state index in [0.29, 0.717) is 10.9 Å². The largest absolute Gasteiger partial charge is 0.328 e. The highest BCUT2D eigenvalue weighted by atomic mass is 35.5. The molecule has 0 unspecified atom stereocenters. The number of alkyl halides is 1. The van der Waals surface area contributed by atoms with Crippen LogP contribution in [-0.4, -0.2) is 27.4 Å². The molecule has 0 fully saturated rings. The molecule has 2 rings (SSSR count). The first-order valence-electron chi connectivity index (χ1n) is 5.96. The van der Waals surface area contributed by atoms with Crippen molar-refractivity contribution in [2.24, 2.45) is 0 Å². The van der Waals surface area contributed by atoms with Gasteiger partial charge in [-0.3, -0.25) is 0 Å². The minimum atomic E-state index is 0.587. The maximum Gasteiger partial charge on any atom is 0.111 e. The van der Waals surface area contributed by atoms with Gasteiger partial charge in [-0.1, -0.05) is 17.7 Å². The lowest BCUT2D eigenvalue weighted by molar-refractivity contribution is 0.665. The molecule has 0 saturated carbocycles. The number of aryl methyl sites for hydroxylation is 2. The molecule has 0 aliphatic heterocycles. The van der Waals surface area contributed by atoms with Gasteiger partial charge in [0.2, 0.25) is 0 Å². The van der Waals surface area contributed by atoms with Crippen LogP contribution in [0.4, 0.5) is 0 Å². The number of halogens is 2. The number of benzene rings is 1. The minimum absolute atomic E-state index is 0.587. The van der Waals surface area contributed by atoms with Gasteiger partial charge in [-0.15, -0.1) is 11.6 Å². The van der Waals surface area contributed by atoms with Crippen LogP contribution >= 0.6 is 35.0 Å². The number of imidazole rings is 1. The Morgan fingerprint density at radius 1 is 1.39 bits per heavy atom. The van der Waals surface area contributed by atoms with Crippen LogP contribution in [0.5, 0.6) is 0 Å². The molecule has 18 heavy (non-hydrogen) atoms. The average molecular weight is 303 g/mol. The summed E-state index contributed by atoms with van der Waals surface area (Å²) in [6.45, 7) is 0.976. The van der Waals surface area contributed by atoms with Crippen molar-refractivity contribution < 1.29 is 0 Å². The first-order chi connectivity index (χ1) is 8.77. The second-order valence-electron chi connectivity index (χ2n) is 4.07. The van der Waals surface area contributed by atoms with Crippen molar-refractivity contribution >= 4 is 46.0 Å². The normalized spacial score (nSPS) is 11.3. The van der Waals surface area contributed by atoms with E-state index >= 15 is 0 Å². The number of rotatable bonds is 6. The van der Waals surface area contributed by atoms with Gasteiger partial charge < -0.3 is 4.57 Å². The molecule has 0 atom stereocenters. The van der Waals surface area contributed by atoms with Crippen LogP contribution in [0, 0.1) is 0 Å². The van der Waals surface area contributed by atoms with Gasteiger partial charge in [-0.2, -0.15) is 11.8 Å². The topological polar surface area (TPSA) is 17.8 Å². The van der Waals surface area contributed by atoms with Crippen LogP contribution in [-0.2, 0) is 13.0 Å². The van der Waals surface area contributed by atoms with Crippen molar-refractivity contribution in [3.8, 4) is 0 Å². The SMILES string of the molecule is CSCCCn1c(CCCl)nc2c(Cl)cccc21. The summed E-state index contributed by atoms with van der Waals surface area (Å²) in [6.07, 6.45) is 4.04. The van der Waals surface area contributed by atoms with Crippen molar-refractivity contribution in [3.63, 3.8) is 0 Å². The fourth-order valence-corrected chi connectivity index (χ4v) is 2.85. The highest BCUT2D eigenvalue weighted by molar-refractivity contribution is 7.98. The second kappa shape index (κ2) is 6.69. The molecule has 5 heteroatoms. The molecule has 0 aliphatic carbocycles. The smallest absolute Gasteiger partial charge is 0.111 e. The summed E-state index contributed by atoms with van der Waals surface area (Å²) in [7, 11) is 0. The predicted octanol–water partition coefficient (Wildman–Crippen LogP) is 4.22. The number of aromatic nitrogens is 2. The number of nitrogens with zero attached hydrogens (tertiary/aromatic N) is 2. The van der Waals surface area contributed by atoms with Gasteiger partial charge in [0.25, 0.3) is 0 Å². The highest BCUT2D eigenvalue weighted by Gasteiger charge is 2.11. The fourth-order valence-electron chi connectivity index (χ4n) is 2.05. The number of fused-ring (bicyclic) bond motifs is 1. The molecule has 2 nitrogen and oxygen atoms in total. The van der Waals surface area contributed by atoms with Gasteiger partial charge >= 0.3 is 0 Å². The van der Waals surface area contributed by atoms with E-state index in [4.69, 9.17) is 23.2 Å². The van der Waals surface area contributed by atoms with Gasteiger partial charge in [0.05, 0.1) is 10.5 Å². The molecule has 1 heterocycles. The van der Waals surface area contributed by atoms with Crippen LogP contribution in [0.1, 0.15) is 12.2 Å². The summed E-state index contributed by atoms with van der Waals surface area (Å²) in [6, 6.07) is 5.93. The van der Waals surface area contributed by atoms with E-state index in [1.165, 1.54) is 0 Å². The summed E-state index contributed by atoms with van der Waals surface area (Å²) in [5.74, 6) is 2.78. The van der Waals surface area contributed by atoms with Crippen LogP contribution < -0.4 is 0 Å². The Morgan fingerprint density at radius 3 is 2.94 bits per heavy atom. The molecule has 1 aromatic heterocycles. The van der Waals surface area contributed by atoms with E-state index in [9.17, 15) is 0 Å². The molecular formula is C13H16Cl2N2S. The number of hydrogen-bond donors (Lipinski definition) is 0. The third kappa shape index (κ3) is 2.95. The summed E-state index contributed by atoms with van der Waals surface area (Å²) < 4.78 is 2.25. The Hall–Kier alpha value is -0.380. The van der Waals surface area contributed by atoms with Gasteiger partial charge in [0.1, 0.15) is 11.3 Å². The summed E-state index contributed by atoms with van der Waals surface area (Å²) in [5, 5.41) is 0.715. The zero-order valence-electron chi connectivity index (χ0n) is 10.3. The monoisotopic (exact) mass is 302 g/mol. The third-order valence-corrected chi connectivity index (χ3v) is 4.05. The summed E-state index contributed by atoms with van der Waals surface area (Å²) in [4.78, 5) is 4.62. The van der Waals surface area contributed by atoms with Crippen LogP contribution in [0.25, 0.3) is 11.0 Å². The quantitative estimate of drug-likeness (QED) is 0.587. The first kappa shape index (κ1) is 14.0. The van der Waals surface area contributed by atoms with E-state index in [1.54, 1.807) is 0 Å². The third-order valence-electron chi connectivity index (χ3n) is 2.86. The van der Waals surface area contributed by atoms with Crippen LogP contribution in [0.2, 0.25) is 5.02 Å². The summed E-state index contributed by atoms with van der Waals surface area (Å²) in [5.41, 5.74) is 2.01. The standard InChI is InChI=1S/C13H16Cl2N2S/c1-18-9-3-8-17-11-5-2-4-10(15)13(11)16-12(17)6-7-14/h2,4-5H,3,6-9H2,1H3. The van der Waals surface area contributed by atoms with E-state index in [1.807, 2.05) is 23.9 Å². The maximum atomic E-state index is 6.19. The summed E-state index contributed by atoms with van der Waals surface area (Å²) >= 11 is 13.9. The molecule has 0 saturated heterocycles. The zero-order valence-corrected chi connectivity index (χ0v) is 12.7. The van der Waals surface area contributed by atoms with Gasteiger partial charge in [-0.25, -0.2) is 4.98 Å². The van der Waals surface area contributed by atoms with Crippen LogP contribution in [0.3, 0.4) is 0 Å². The average Bonchev–Trinajstić information content (AvgIpc) is 2.70. The van der Waals surface area contributed by atoms with E-state index in [2.05, 4.69) is 21.9 Å². The molecule has 2 aromatic rings. The lowest BCUT2D eigenvalue weighted by Crippen LogP contribution is -2.05. The second-order valence-corrected chi connectivity index (χ2v) is 5.84. The Labute approximate surface area is 122 Å². The predicted molar refractivity (Wildman–Crippen MR) is 82.2 cm³/mol. The Bertz CT molecular complexity index is 525. The molecule has 0 N–H and O–H groups in total. The first-order valence-corrected chi connectivity index (χ1v) is 8.27. The number of thioether (sulfide) groups is 1. The minimum Gasteiger partial charge on any atom is -0.328 e.